The van der Waals surface area contributed by atoms with Crippen LogP contribution in [-0.2, 0) is 4.79 Å². The molecule has 1 heterocycles. The molecule has 0 saturated heterocycles. The van der Waals surface area contributed by atoms with Crippen molar-refractivity contribution in [2.45, 2.75) is 0 Å². The lowest BCUT2D eigenvalue weighted by Crippen LogP contribution is -1.93. The molecular weight excluding hydrogens is 322 g/mol. The second-order valence-electron chi connectivity index (χ2n) is 5.02. The Morgan fingerprint density at radius 2 is 1.71 bits per heavy atom. The van der Waals surface area contributed by atoms with E-state index in [0.717, 1.165) is 11.3 Å². The second kappa shape index (κ2) is 6.95. The van der Waals surface area contributed by atoms with Crippen molar-refractivity contribution in [2.24, 2.45) is 0 Å². The van der Waals surface area contributed by atoms with Crippen LogP contribution in [0.2, 0.25) is 0 Å². The van der Waals surface area contributed by atoms with E-state index in [0.29, 0.717) is 11.3 Å². The number of hydrogen-bond acceptors (Lipinski definition) is 3. The molecule has 0 N–H and O–H groups in total. The largest absolute Gasteiger partial charge is 0.275 e. The monoisotopic (exact) mass is 333 g/mol. The van der Waals surface area contributed by atoms with Crippen LogP contribution in [0.5, 0.6) is 0 Å². The summed E-state index contributed by atoms with van der Waals surface area (Å²) in [6.45, 7) is 0. The summed E-state index contributed by atoms with van der Waals surface area (Å²) in [4.78, 5) is 11.4. The fourth-order valence-corrected chi connectivity index (χ4v) is 2.41. The molecule has 0 amide bonds. The number of halogens is 1. The highest BCUT2D eigenvalue weighted by Gasteiger charge is 2.13. The van der Waals surface area contributed by atoms with Gasteiger partial charge in [-0.1, -0.05) is 48.5 Å². The Hall–Kier alpha value is -3.16. The molecule has 0 bridgehead atoms. The third-order valence-electron chi connectivity index (χ3n) is 3.44. The zero-order valence-electron chi connectivity index (χ0n) is 12.6. The summed E-state index contributed by atoms with van der Waals surface area (Å²) in [5, 5.41) is 12.9. The molecule has 116 valence electrons. The molecule has 3 aromatic rings. The third-order valence-corrected chi connectivity index (χ3v) is 3.65. The molecule has 1 aromatic heterocycles. The fraction of sp³-hybridized carbons (Fsp3) is 0. The second-order valence-corrected chi connectivity index (χ2v) is 5.37. The van der Waals surface area contributed by atoms with Crippen molar-refractivity contribution >= 4 is 22.9 Å². The first-order valence-electron chi connectivity index (χ1n) is 7.21. The van der Waals surface area contributed by atoms with Crippen LogP contribution < -0.4 is 0 Å². The number of hydrogen-bond donors (Lipinski definition) is 0. The van der Waals surface area contributed by atoms with E-state index >= 15 is 0 Å². The number of nitriles is 1. The van der Waals surface area contributed by atoms with E-state index in [1.54, 1.807) is 10.9 Å². The Bertz CT molecular complexity index is 938. The van der Waals surface area contributed by atoms with Crippen LogP contribution in [0.15, 0.2) is 72.4 Å². The maximum absolute atomic E-state index is 11.4. The number of carbonyl (C=O) groups excluding carboxylic acids is 1. The number of nitrogens with zero attached hydrogens (tertiary/aromatic N) is 3. The Kier molecular flexibility index (Phi) is 4.55. The average molecular weight is 334 g/mol. The maximum Gasteiger partial charge on any atom is 0.262 e. The molecule has 0 aliphatic carbocycles. The van der Waals surface area contributed by atoms with Crippen LogP contribution >= 0.6 is 11.6 Å². The summed E-state index contributed by atoms with van der Waals surface area (Å²) >= 11 is 5.46. The number of rotatable bonds is 4. The van der Waals surface area contributed by atoms with E-state index in [1.165, 1.54) is 6.08 Å². The highest BCUT2D eigenvalue weighted by Crippen LogP contribution is 2.25. The molecule has 24 heavy (non-hydrogen) atoms. The quantitative estimate of drug-likeness (QED) is 0.408. The lowest BCUT2D eigenvalue weighted by atomic mass is 10.1. The van der Waals surface area contributed by atoms with Crippen molar-refractivity contribution < 1.29 is 4.79 Å². The van der Waals surface area contributed by atoms with Gasteiger partial charge in [0.05, 0.1) is 11.4 Å². The first kappa shape index (κ1) is 15.7. The normalized spacial score (nSPS) is 11.1. The molecule has 0 fully saturated rings. The van der Waals surface area contributed by atoms with E-state index in [9.17, 15) is 4.79 Å². The fourth-order valence-electron chi connectivity index (χ4n) is 2.31. The van der Waals surface area contributed by atoms with E-state index in [2.05, 4.69) is 5.10 Å². The van der Waals surface area contributed by atoms with Gasteiger partial charge in [0.2, 0.25) is 0 Å². The molecular formula is C19H12ClN3O. The molecule has 5 heteroatoms. The van der Waals surface area contributed by atoms with Crippen molar-refractivity contribution in [1.82, 2.24) is 9.78 Å². The maximum atomic E-state index is 11.4. The lowest BCUT2D eigenvalue weighted by Gasteiger charge is -2.00. The molecule has 0 atom stereocenters. The van der Waals surface area contributed by atoms with Gasteiger partial charge in [-0.2, -0.15) is 10.4 Å². The Morgan fingerprint density at radius 1 is 1.08 bits per heavy atom. The van der Waals surface area contributed by atoms with Crippen molar-refractivity contribution in [2.75, 3.05) is 0 Å². The number of allylic oxidation sites excluding steroid dienone is 1. The summed E-state index contributed by atoms with van der Waals surface area (Å²) in [6, 6.07) is 21.0. The number of benzene rings is 2. The summed E-state index contributed by atoms with van der Waals surface area (Å²) in [7, 11) is 0. The first-order valence-corrected chi connectivity index (χ1v) is 7.59. The summed E-state index contributed by atoms with van der Waals surface area (Å²) < 4.78 is 1.71. The highest BCUT2D eigenvalue weighted by atomic mass is 35.5. The zero-order chi connectivity index (χ0) is 16.9. The van der Waals surface area contributed by atoms with Gasteiger partial charge in [0, 0.05) is 17.3 Å². The van der Waals surface area contributed by atoms with Crippen molar-refractivity contribution in [1.29, 1.82) is 5.26 Å². The number of aromatic nitrogens is 2. The molecule has 0 aliphatic rings. The molecule has 0 unspecified atom stereocenters. The minimum atomic E-state index is -0.788. The van der Waals surface area contributed by atoms with Gasteiger partial charge in [0.1, 0.15) is 11.6 Å². The van der Waals surface area contributed by atoms with Crippen LogP contribution in [0.4, 0.5) is 0 Å². The van der Waals surface area contributed by atoms with Gasteiger partial charge in [-0.05, 0) is 29.8 Å². The molecule has 0 radical (unpaired) electrons. The summed E-state index contributed by atoms with van der Waals surface area (Å²) in [5.74, 6) is 0. The van der Waals surface area contributed by atoms with Gasteiger partial charge in [-0.25, -0.2) is 4.68 Å². The predicted molar refractivity (Wildman–Crippen MR) is 93.5 cm³/mol. The van der Waals surface area contributed by atoms with E-state index in [4.69, 9.17) is 16.9 Å². The van der Waals surface area contributed by atoms with Crippen LogP contribution in [0.3, 0.4) is 0 Å². The van der Waals surface area contributed by atoms with E-state index < -0.39 is 5.24 Å². The van der Waals surface area contributed by atoms with E-state index in [1.807, 2.05) is 66.7 Å². The molecule has 0 saturated carbocycles. The Labute approximate surface area is 144 Å². The predicted octanol–water partition coefficient (Wildman–Crippen LogP) is 4.21. The summed E-state index contributed by atoms with van der Waals surface area (Å²) in [5.41, 5.74) is 2.96. The van der Waals surface area contributed by atoms with Crippen molar-refractivity contribution in [3.8, 4) is 23.0 Å². The highest BCUT2D eigenvalue weighted by molar-refractivity contribution is 6.68. The van der Waals surface area contributed by atoms with Gasteiger partial charge in [0.15, 0.2) is 0 Å². The van der Waals surface area contributed by atoms with Gasteiger partial charge in [-0.3, -0.25) is 4.79 Å². The minimum absolute atomic E-state index is 0.124. The minimum Gasteiger partial charge on any atom is -0.275 e. The van der Waals surface area contributed by atoms with Gasteiger partial charge in [-0.15, -0.1) is 0 Å². The topological polar surface area (TPSA) is 58.7 Å². The molecule has 2 aromatic carbocycles. The van der Waals surface area contributed by atoms with Crippen molar-refractivity contribution in [3.05, 3.63) is 78.0 Å². The number of carbonyl (C=O) groups is 1. The Balaban J connectivity index is 2.18. The molecule has 0 spiro atoms. The lowest BCUT2D eigenvalue weighted by molar-refractivity contribution is -0.108. The molecule has 3 rings (SSSR count). The van der Waals surface area contributed by atoms with Crippen LogP contribution in [0.1, 0.15) is 5.56 Å². The zero-order valence-corrected chi connectivity index (χ0v) is 13.3. The SMILES string of the molecule is N#CC(=Cc1cn(-c2ccccc2)nc1-c1ccccc1)C(=O)Cl. The van der Waals surface area contributed by atoms with Crippen LogP contribution in [0, 0.1) is 11.3 Å². The molecule has 4 nitrogen and oxygen atoms in total. The smallest absolute Gasteiger partial charge is 0.262 e. The van der Waals surface area contributed by atoms with Crippen LogP contribution in [-0.4, -0.2) is 15.0 Å². The van der Waals surface area contributed by atoms with Gasteiger partial charge < -0.3 is 0 Å². The molecule has 0 aliphatic heterocycles. The van der Waals surface area contributed by atoms with Gasteiger partial charge in [0.25, 0.3) is 5.24 Å². The van der Waals surface area contributed by atoms with E-state index in [-0.39, 0.29) is 5.57 Å². The average Bonchev–Trinajstić information content (AvgIpc) is 3.05. The summed E-state index contributed by atoms with van der Waals surface area (Å²) in [6.07, 6.45) is 3.24. The van der Waals surface area contributed by atoms with Gasteiger partial charge >= 0.3 is 0 Å². The number of para-hydroxylation sites is 1. The Morgan fingerprint density at radius 3 is 2.29 bits per heavy atom. The van der Waals surface area contributed by atoms with Crippen molar-refractivity contribution in [3.63, 3.8) is 0 Å². The third kappa shape index (κ3) is 3.27. The van der Waals surface area contributed by atoms with Crippen LogP contribution in [0.25, 0.3) is 23.0 Å². The standard InChI is InChI=1S/C19H12ClN3O/c20-19(24)15(12-21)11-16-13-23(17-9-5-2-6-10-17)22-18(16)14-7-3-1-4-8-14/h1-11,13H. The first-order chi connectivity index (χ1) is 11.7.